The first kappa shape index (κ1) is 17.4. The van der Waals surface area contributed by atoms with Gasteiger partial charge in [0.25, 0.3) is 0 Å². The minimum Gasteiger partial charge on any atom is -0.325 e. The zero-order valence-corrected chi connectivity index (χ0v) is 15.3. The van der Waals surface area contributed by atoms with E-state index in [-0.39, 0.29) is 11.2 Å². The number of thioether (sulfide) groups is 1. The molecule has 25 heavy (non-hydrogen) atoms. The highest BCUT2D eigenvalue weighted by Gasteiger charge is 2.20. The van der Waals surface area contributed by atoms with Gasteiger partial charge >= 0.3 is 0 Å². The van der Waals surface area contributed by atoms with Crippen LogP contribution in [0.4, 0.5) is 5.69 Å². The molecule has 0 aliphatic heterocycles. The molecular formula is C17H16ClN5OS. The predicted octanol–water partition coefficient (Wildman–Crippen LogP) is 3.74. The number of benzene rings is 2. The normalized spacial score (nSPS) is 12.0. The van der Waals surface area contributed by atoms with Crippen molar-refractivity contribution in [1.82, 2.24) is 20.2 Å². The lowest BCUT2D eigenvalue weighted by Crippen LogP contribution is -2.22. The summed E-state index contributed by atoms with van der Waals surface area (Å²) in [6.07, 6.45) is 0. The molecule has 0 saturated carbocycles. The molecule has 1 atom stereocenters. The molecule has 1 heterocycles. The fraction of sp³-hybridized carbons (Fsp3) is 0.176. The molecule has 1 aromatic heterocycles. The van der Waals surface area contributed by atoms with E-state index in [1.54, 1.807) is 13.0 Å². The van der Waals surface area contributed by atoms with Crippen molar-refractivity contribution < 1.29 is 4.79 Å². The van der Waals surface area contributed by atoms with Gasteiger partial charge in [-0.25, -0.2) is 0 Å². The molecule has 6 nitrogen and oxygen atoms in total. The van der Waals surface area contributed by atoms with Gasteiger partial charge in [0.2, 0.25) is 11.1 Å². The molecule has 0 bridgehead atoms. The van der Waals surface area contributed by atoms with Crippen LogP contribution in [0.5, 0.6) is 0 Å². The number of para-hydroxylation sites is 1. The molecule has 0 aliphatic carbocycles. The fourth-order valence-electron chi connectivity index (χ4n) is 2.12. The molecule has 128 valence electrons. The second kappa shape index (κ2) is 7.67. The Kier molecular flexibility index (Phi) is 5.35. The summed E-state index contributed by atoms with van der Waals surface area (Å²) in [5, 5.41) is 15.2. The summed E-state index contributed by atoms with van der Waals surface area (Å²) in [5.74, 6) is -0.123. The van der Waals surface area contributed by atoms with Crippen LogP contribution in [0.1, 0.15) is 12.5 Å². The van der Waals surface area contributed by atoms with Crippen LogP contribution < -0.4 is 5.32 Å². The van der Waals surface area contributed by atoms with Crippen molar-refractivity contribution in [2.45, 2.75) is 24.3 Å². The number of hydrogen-bond donors (Lipinski definition) is 1. The van der Waals surface area contributed by atoms with Gasteiger partial charge in [0.1, 0.15) is 0 Å². The lowest BCUT2D eigenvalue weighted by atomic mass is 10.2. The second-order valence-electron chi connectivity index (χ2n) is 5.44. The van der Waals surface area contributed by atoms with Crippen LogP contribution in [-0.4, -0.2) is 31.4 Å². The van der Waals surface area contributed by atoms with Crippen molar-refractivity contribution >= 4 is 35.0 Å². The van der Waals surface area contributed by atoms with Gasteiger partial charge in [0, 0.05) is 5.69 Å². The van der Waals surface area contributed by atoms with Crippen LogP contribution in [-0.2, 0) is 4.79 Å². The first-order valence-electron chi connectivity index (χ1n) is 7.62. The Labute approximate surface area is 154 Å². The van der Waals surface area contributed by atoms with Crippen LogP contribution in [0.25, 0.3) is 5.69 Å². The van der Waals surface area contributed by atoms with Crippen molar-refractivity contribution in [3.8, 4) is 5.69 Å². The molecule has 0 spiro atoms. The number of halogens is 1. The Morgan fingerprint density at radius 2 is 1.92 bits per heavy atom. The van der Waals surface area contributed by atoms with Crippen molar-refractivity contribution in [1.29, 1.82) is 0 Å². The van der Waals surface area contributed by atoms with Gasteiger partial charge in [-0.05, 0) is 48.5 Å². The van der Waals surface area contributed by atoms with E-state index in [4.69, 9.17) is 11.6 Å². The van der Waals surface area contributed by atoms with Crippen LogP contribution in [0, 0.1) is 6.92 Å². The van der Waals surface area contributed by atoms with Crippen LogP contribution in [0.2, 0.25) is 5.02 Å². The van der Waals surface area contributed by atoms with E-state index in [0.717, 1.165) is 11.3 Å². The minimum atomic E-state index is -0.381. The molecule has 3 rings (SSSR count). The number of tetrazole rings is 1. The summed E-state index contributed by atoms with van der Waals surface area (Å²) in [5.41, 5.74) is 2.57. The number of aromatic nitrogens is 4. The van der Waals surface area contributed by atoms with Gasteiger partial charge in [0.15, 0.2) is 0 Å². The number of nitrogens with one attached hydrogen (secondary N) is 1. The number of carbonyl (C=O) groups excluding carboxylic acids is 1. The molecule has 1 amide bonds. The third-order valence-corrected chi connectivity index (χ3v) is 4.84. The number of amides is 1. The molecule has 0 saturated heterocycles. The summed E-state index contributed by atoms with van der Waals surface area (Å²) >= 11 is 7.47. The number of aryl methyl sites for hydroxylation is 1. The molecular weight excluding hydrogens is 358 g/mol. The fourth-order valence-corrected chi connectivity index (χ4v) is 3.14. The maximum atomic E-state index is 12.4. The highest BCUT2D eigenvalue weighted by molar-refractivity contribution is 8.00. The first-order chi connectivity index (χ1) is 12.0. The van der Waals surface area contributed by atoms with Crippen LogP contribution in [0.3, 0.4) is 0 Å². The van der Waals surface area contributed by atoms with Gasteiger partial charge < -0.3 is 5.32 Å². The highest BCUT2D eigenvalue weighted by atomic mass is 35.5. The van der Waals surface area contributed by atoms with E-state index in [1.807, 2.05) is 49.4 Å². The standard InChI is InChI=1S/C17H16ClN5OS/c1-11-7-9-13(10-8-11)19-16(24)12(2)25-17-20-21-22-23(17)15-6-4-3-5-14(15)18/h3-10,12H,1-2H3,(H,19,24)/t12-/m1/s1. The van der Waals surface area contributed by atoms with Crippen LogP contribution >= 0.6 is 23.4 Å². The summed E-state index contributed by atoms with van der Waals surface area (Å²) in [7, 11) is 0. The monoisotopic (exact) mass is 373 g/mol. The quantitative estimate of drug-likeness (QED) is 0.689. The highest BCUT2D eigenvalue weighted by Crippen LogP contribution is 2.27. The first-order valence-corrected chi connectivity index (χ1v) is 8.88. The summed E-state index contributed by atoms with van der Waals surface area (Å²) in [6, 6.07) is 14.9. The van der Waals surface area contributed by atoms with Crippen molar-refractivity contribution in [2.75, 3.05) is 5.32 Å². The Bertz CT molecular complexity index is 881. The van der Waals surface area contributed by atoms with Crippen molar-refractivity contribution in [2.24, 2.45) is 0 Å². The average Bonchev–Trinajstić information content (AvgIpc) is 3.05. The zero-order chi connectivity index (χ0) is 17.8. The van der Waals surface area contributed by atoms with E-state index in [2.05, 4.69) is 20.8 Å². The largest absolute Gasteiger partial charge is 0.325 e. The summed E-state index contributed by atoms with van der Waals surface area (Å²) in [6.45, 7) is 3.80. The molecule has 0 aliphatic rings. The molecule has 2 aromatic carbocycles. The Balaban J connectivity index is 1.72. The van der Waals surface area contributed by atoms with E-state index < -0.39 is 0 Å². The smallest absolute Gasteiger partial charge is 0.237 e. The maximum absolute atomic E-state index is 12.4. The maximum Gasteiger partial charge on any atom is 0.237 e. The van der Waals surface area contributed by atoms with Crippen LogP contribution in [0.15, 0.2) is 53.7 Å². The third-order valence-electron chi connectivity index (χ3n) is 3.49. The number of rotatable bonds is 5. The SMILES string of the molecule is Cc1ccc(NC(=O)[C@@H](C)Sc2nnnn2-c2ccccc2Cl)cc1. The molecule has 3 aromatic rings. The molecule has 0 radical (unpaired) electrons. The second-order valence-corrected chi connectivity index (χ2v) is 7.16. The number of nitrogens with zero attached hydrogens (tertiary/aromatic N) is 4. The molecule has 1 N–H and O–H groups in total. The van der Waals surface area contributed by atoms with E-state index in [1.165, 1.54) is 16.4 Å². The van der Waals surface area contributed by atoms with Gasteiger partial charge in [-0.1, -0.05) is 53.2 Å². The van der Waals surface area contributed by atoms with E-state index >= 15 is 0 Å². The van der Waals surface area contributed by atoms with E-state index in [0.29, 0.717) is 15.9 Å². The van der Waals surface area contributed by atoms with Gasteiger partial charge in [0.05, 0.1) is 16.0 Å². The zero-order valence-electron chi connectivity index (χ0n) is 13.7. The Hall–Kier alpha value is -2.38. The van der Waals surface area contributed by atoms with Gasteiger partial charge in [-0.2, -0.15) is 4.68 Å². The lowest BCUT2D eigenvalue weighted by molar-refractivity contribution is -0.115. The Morgan fingerprint density at radius 1 is 1.20 bits per heavy atom. The summed E-state index contributed by atoms with van der Waals surface area (Å²) < 4.78 is 1.53. The summed E-state index contributed by atoms with van der Waals surface area (Å²) in [4.78, 5) is 12.4. The molecule has 0 fully saturated rings. The number of hydrogen-bond acceptors (Lipinski definition) is 5. The topological polar surface area (TPSA) is 72.7 Å². The number of carbonyl (C=O) groups is 1. The van der Waals surface area contributed by atoms with Gasteiger partial charge in [-0.15, -0.1) is 5.10 Å². The number of anilines is 1. The average molecular weight is 374 g/mol. The third kappa shape index (κ3) is 4.18. The minimum absolute atomic E-state index is 0.123. The lowest BCUT2D eigenvalue weighted by Gasteiger charge is -2.12. The van der Waals surface area contributed by atoms with Crippen molar-refractivity contribution in [3.05, 3.63) is 59.1 Å². The predicted molar refractivity (Wildman–Crippen MR) is 99.3 cm³/mol. The van der Waals surface area contributed by atoms with E-state index in [9.17, 15) is 4.79 Å². The van der Waals surface area contributed by atoms with Gasteiger partial charge in [-0.3, -0.25) is 4.79 Å². The molecule has 8 heteroatoms. The Morgan fingerprint density at radius 3 is 2.64 bits per heavy atom. The van der Waals surface area contributed by atoms with Crippen molar-refractivity contribution in [3.63, 3.8) is 0 Å². The molecule has 0 unspecified atom stereocenters.